The molecule has 0 aliphatic carbocycles. The van der Waals surface area contributed by atoms with Crippen LogP contribution < -0.4 is 5.84 Å². The molecule has 2 aromatic heterocycles. The summed E-state index contributed by atoms with van der Waals surface area (Å²) in [7, 11) is 0. The number of Topliss-reactive ketones (excluding diaryl/α,β-unsaturated/α-hetero) is 1. The van der Waals surface area contributed by atoms with Gasteiger partial charge in [-0.3, -0.25) is 4.79 Å². The first-order valence-electron chi connectivity index (χ1n) is 6.87. The zero-order valence-electron chi connectivity index (χ0n) is 12.1. The van der Waals surface area contributed by atoms with E-state index in [1.54, 1.807) is 36.5 Å². The predicted octanol–water partition coefficient (Wildman–Crippen LogP) is 2.02. The first kappa shape index (κ1) is 15.3. The van der Waals surface area contributed by atoms with Gasteiger partial charge in [0, 0.05) is 12.6 Å². The minimum absolute atomic E-state index is 0.0568. The molecule has 118 valence electrons. The lowest BCUT2D eigenvalue weighted by Gasteiger charge is -2.04. The van der Waals surface area contributed by atoms with E-state index >= 15 is 0 Å². The Kier molecular flexibility index (Phi) is 4.42. The van der Waals surface area contributed by atoms with Crippen molar-refractivity contribution in [2.75, 3.05) is 11.6 Å². The van der Waals surface area contributed by atoms with Gasteiger partial charge in [-0.2, -0.15) is 0 Å². The van der Waals surface area contributed by atoms with E-state index in [0.29, 0.717) is 22.2 Å². The van der Waals surface area contributed by atoms with E-state index in [4.69, 9.17) is 5.84 Å². The molecule has 0 radical (unpaired) electrons. The van der Waals surface area contributed by atoms with Crippen LogP contribution in [0.3, 0.4) is 0 Å². The summed E-state index contributed by atoms with van der Waals surface area (Å²) in [6.45, 7) is 0. The highest BCUT2D eigenvalue weighted by Crippen LogP contribution is 2.18. The molecule has 3 N–H and O–H groups in total. The van der Waals surface area contributed by atoms with Crippen molar-refractivity contribution in [3.63, 3.8) is 0 Å². The average Bonchev–Trinajstić information content (AvgIpc) is 3.19. The van der Waals surface area contributed by atoms with Crippen LogP contribution in [0.15, 0.2) is 47.8 Å². The number of rotatable bonds is 6. The fourth-order valence-electron chi connectivity index (χ4n) is 2.05. The highest BCUT2D eigenvalue weighted by molar-refractivity contribution is 7.99. The molecule has 0 fully saturated rings. The molecule has 23 heavy (non-hydrogen) atoms. The maximum atomic E-state index is 13.7. The molecule has 8 heteroatoms. The summed E-state index contributed by atoms with van der Waals surface area (Å²) in [5.74, 6) is 6.19. The number of nitrogens with two attached hydrogens (primary N) is 1. The Bertz CT molecular complexity index is 815. The van der Waals surface area contributed by atoms with Crippen molar-refractivity contribution in [1.82, 2.24) is 19.9 Å². The van der Waals surface area contributed by atoms with E-state index in [2.05, 4.69) is 15.2 Å². The minimum atomic E-state index is -0.313. The number of ketones is 1. The second-order valence-electron chi connectivity index (χ2n) is 4.83. The number of benzene rings is 1. The fourth-order valence-corrected chi connectivity index (χ4v) is 2.81. The highest BCUT2D eigenvalue weighted by atomic mass is 32.2. The first-order valence-corrected chi connectivity index (χ1v) is 7.86. The van der Waals surface area contributed by atoms with Gasteiger partial charge in [-0.1, -0.05) is 30.0 Å². The molecule has 0 unspecified atom stereocenters. The standard InChI is InChI=1S/C15H14FN5OS/c16-11-5-2-1-4-10(11)8-14-19-20-15(21(14)17)23-9-13(22)12-6-3-7-18-12/h1-7,18H,8-9,17H2. The highest BCUT2D eigenvalue weighted by Gasteiger charge is 2.15. The van der Waals surface area contributed by atoms with Crippen molar-refractivity contribution in [1.29, 1.82) is 0 Å². The van der Waals surface area contributed by atoms with Crippen LogP contribution in [0.25, 0.3) is 0 Å². The van der Waals surface area contributed by atoms with E-state index in [1.165, 1.54) is 22.5 Å². The lowest BCUT2D eigenvalue weighted by atomic mass is 10.1. The second kappa shape index (κ2) is 6.66. The zero-order chi connectivity index (χ0) is 16.2. The predicted molar refractivity (Wildman–Crippen MR) is 85.2 cm³/mol. The molecule has 0 bridgehead atoms. The van der Waals surface area contributed by atoms with Crippen molar-refractivity contribution in [2.24, 2.45) is 0 Å². The van der Waals surface area contributed by atoms with Crippen LogP contribution in [0.1, 0.15) is 21.9 Å². The molecule has 6 nitrogen and oxygen atoms in total. The SMILES string of the molecule is Nn1c(Cc2ccccc2F)nnc1SCC(=O)c1ccc[nH]1. The lowest BCUT2D eigenvalue weighted by molar-refractivity contribution is 0.101. The van der Waals surface area contributed by atoms with Crippen LogP contribution in [0.2, 0.25) is 0 Å². The number of nitrogens with zero attached hydrogens (tertiary/aromatic N) is 3. The number of carbonyl (C=O) groups excluding carboxylic acids is 1. The van der Waals surface area contributed by atoms with Gasteiger partial charge in [0.05, 0.1) is 11.4 Å². The minimum Gasteiger partial charge on any atom is -0.359 e. The maximum Gasteiger partial charge on any atom is 0.210 e. The molecule has 0 aliphatic rings. The molecule has 3 rings (SSSR count). The number of H-pyrrole nitrogens is 1. The van der Waals surface area contributed by atoms with Gasteiger partial charge >= 0.3 is 0 Å². The molecule has 0 atom stereocenters. The van der Waals surface area contributed by atoms with Gasteiger partial charge < -0.3 is 10.8 Å². The number of hydrogen-bond acceptors (Lipinski definition) is 5. The Morgan fingerprint density at radius 3 is 2.83 bits per heavy atom. The number of nitrogens with one attached hydrogen (secondary N) is 1. The number of halogens is 1. The van der Waals surface area contributed by atoms with Crippen LogP contribution in [0.5, 0.6) is 0 Å². The van der Waals surface area contributed by atoms with Gasteiger partial charge in [-0.15, -0.1) is 10.2 Å². The number of hydrogen-bond donors (Lipinski definition) is 2. The van der Waals surface area contributed by atoms with Crippen LogP contribution in [-0.4, -0.2) is 31.4 Å². The summed E-state index contributed by atoms with van der Waals surface area (Å²) in [4.78, 5) is 14.8. The fraction of sp³-hybridized carbons (Fsp3) is 0.133. The molecule has 0 aliphatic heterocycles. The Labute approximate surface area is 135 Å². The monoisotopic (exact) mass is 331 g/mol. The third-order valence-corrected chi connectivity index (χ3v) is 4.22. The largest absolute Gasteiger partial charge is 0.359 e. The zero-order valence-corrected chi connectivity index (χ0v) is 12.9. The Balaban J connectivity index is 1.67. The number of aromatic amines is 1. The summed E-state index contributed by atoms with van der Waals surface area (Å²) in [6, 6.07) is 9.90. The quantitative estimate of drug-likeness (QED) is 0.410. The summed E-state index contributed by atoms with van der Waals surface area (Å²) in [5, 5.41) is 8.35. The molecule has 2 heterocycles. The Morgan fingerprint density at radius 2 is 2.09 bits per heavy atom. The van der Waals surface area contributed by atoms with Gasteiger partial charge in [0.1, 0.15) is 5.82 Å². The van der Waals surface area contributed by atoms with Crippen molar-refractivity contribution < 1.29 is 9.18 Å². The van der Waals surface area contributed by atoms with Gasteiger partial charge in [-0.05, 0) is 23.8 Å². The van der Waals surface area contributed by atoms with Crippen LogP contribution >= 0.6 is 11.8 Å². The van der Waals surface area contributed by atoms with E-state index in [9.17, 15) is 9.18 Å². The second-order valence-corrected chi connectivity index (χ2v) is 5.78. The first-order chi connectivity index (χ1) is 11.1. The Morgan fingerprint density at radius 1 is 1.26 bits per heavy atom. The van der Waals surface area contributed by atoms with Gasteiger partial charge in [-0.25, -0.2) is 9.07 Å². The van der Waals surface area contributed by atoms with Crippen molar-refractivity contribution in [3.05, 3.63) is 65.5 Å². The summed E-state index contributed by atoms with van der Waals surface area (Å²) in [6.07, 6.45) is 1.93. The molecule has 0 amide bonds. The molecule has 0 saturated heterocycles. The summed E-state index contributed by atoms with van der Waals surface area (Å²) >= 11 is 1.19. The van der Waals surface area contributed by atoms with Crippen LogP contribution in [0, 0.1) is 5.82 Å². The number of aromatic nitrogens is 4. The molecular weight excluding hydrogens is 317 g/mol. The van der Waals surface area contributed by atoms with E-state index in [1.807, 2.05) is 0 Å². The summed E-state index contributed by atoms with van der Waals surface area (Å²) in [5.41, 5.74) is 1.03. The van der Waals surface area contributed by atoms with E-state index in [-0.39, 0.29) is 23.8 Å². The van der Waals surface area contributed by atoms with E-state index in [0.717, 1.165) is 0 Å². The normalized spacial score (nSPS) is 10.8. The molecule has 3 aromatic rings. The number of nitrogen functional groups attached to an aromatic ring is 1. The van der Waals surface area contributed by atoms with Crippen LogP contribution in [0.4, 0.5) is 4.39 Å². The maximum absolute atomic E-state index is 13.7. The molecular formula is C15H14FN5OS. The smallest absolute Gasteiger partial charge is 0.210 e. The Hall–Kier alpha value is -2.61. The molecule has 0 saturated carbocycles. The van der Waals surface area contributed by atoms with Crippen molar-refractivity contribution in [2.45, 2.75) is 11.6 Å². The van der Waals surface area contributed by atoms with Gasteiger partial charge in [0.15, 0.2) is 11.6 Å². The summed E-state index contributed by atoms with van der Waals surface area (Å²) < 4.78 is 15.0. The third kappa shape index (κ3) is 3.42. The van der Waals surface area contributed by atoms with Crippen molar-refractivity contribution >= 4 is 17.5 Å². The molecule has 0 spiro atoms. The number of carbonyl (C=O) groups is 1. The van der Waals surface area contributed by atoms with Crippen molar-refractivity contribution in [3.8, 4) is 0 Å². The number of thioether (sulfide) groups is 1. The van der Waals surface area contributed by atoms with E-state index < -0.39 is 0 Å². The van der Waals surface area contributed by atoms with Gasteiger partial charge in [0.25, 0.3) is 0 Å². The third-order valence-electron chi connectivity index (χ3n) is 3.27. The van der Waals surface area contributed by atoms with Gasteiger partial charge in [0.2, 0.25) is 5.16 Å². The van der Waals surface area contributed by atoms with Crippen LogP contribution in [-0.2, 0) is 6.42 Å². The topological polar surface area (TPSA) is 89.6 Å². The lowest BCUT2D eigenvalue weighted by Crippen LogP contribution is -2.15. The average molecular weight is 331 g/mol. The molecule has 1 aromatic carbocycles.